The maximum Gasteiger partial charge on any atom is 0.228 e. The Hall–Kier alpha value is -2.52. The SMILES string of the molecule is CC(C)C(=O)Nc1nc2cc(NC(=O)CCC(=O)N3CCOCC3)ccc2s1. The molecule has 3 rings (SSSR count). The Kier molecular flexibility index (Phi) is 6.58. The fraction of sp³-hybridized carbons (Fsp3) is 0.474. The van der Waals surface area contributed by atoms with Crippen molar-refractivity contribution in [1.29, 1.82) is 0 Å². The third-order valence-corrected chi connectivity index (χ3v) is 5.31. The zero-order chi connectivity index (χ0) is 20.1. The molecule has 8 nitrogen and oxygen atoms in total. The minimum absolute atomic E-state index is 0.0288. The highest BCUT2D eigenvalue weighted by Crippen LogP contribution is 2.28. The molecule has 9 heteroatoms. The molecule has 0 saturated carbocycles. The van der Waals surface area contributed by atoms with Crippen molar-refractivity contribution in [2.45, 2.75) is 26.7 Å². The van der Waals surface area contributed by atoms with Gasteiger partial charge in [-0.2, -0.15) is 0 Å². The van der Waals surface area contributed by atoms with Gasteiger partial charge in [-0.3, -0.25) is 14.4 Å². The van der Waals surface area contributed by atoms with Crippen LogP contribution in [0.3, 0.4) is 0 Å². The number of nitrogens with one attached hydrogen (secondary N) is 2. The van der Waals surface area contributed by atoms with Gasteiger partial charge in [0.1, 0.15) is 0 Å². The number of amides is 3. The molecule has 1 fully saturated rings. The molecule has 1 aliphatic rings. The predicted octanol–water partition coefficient (Wildman–Crippen LogP) is 2.47. The second-order valence-corrected chi connectivity index (χ2v) is 7.92. The third kappa shape index (κ3) is 5.26. The summed E-state index contributed by atoms with van der Waals surface area (Å²) in [5.41, 5.74) is 1.31. The summed E-state index contributed by atoms with van der Waals surface area (Å²) >= 11 is 1.38. The largest absolute Gasteiger partial charge is 0.378 e. The maximum absolute atomic E-state index is 12.2. The van der Waals surface area contributed by atoms with E-state index in [2.05, 4.69) is 15.6 Å². The molecule has 1 saturated heterocycles. The van der Waals surface area contributed by atoms with Crippen molar-refractivity contribution in [3.63, 3.8) is 0 Å². The zero-order valence-corrected chi connectivity index (χ0v) is 16.8. The van der Waals surface area contributed by atoms with E-state index in [4.69, 9.17) is 4.74 Å². The summed E-state index contributed by atoms with van der Waals surface area (Å²) in [5.74, 6) is -0.456. The van der Waals surface area contributed by atoms with Gasteiger partial charge in [-0.1, -0.05) is 25.2 Å². The summed E-state index contributed by atoms with van der Waals surface area (Å²) in [5, 5.41) is 6.12. The number of anilines is 2. The van der Waals surface area contributed by atoms with Gasteiger partial charge in [-0.15, -0.1) is 0 Å². The first kappa shape index (κ1) is 20.2. The first-order valence-corrected chi connectivity index (χ1v) is 10.1. The molecular formula is C19H24N4O4S. The Morgan fingerprint density at radius 1 is 1.18 bits per heavy atom. The Balaban J connectivity index is 1.55. The van der Waals surface area contributed by atoms with Crippen LogP contribution >= 0.6 is 11.3 Å². The Morgan fingerprint density at radius 3 is 2.64 bits per heavy atom. The van der Waals surface area contributed by atoms with Crippen LogP contribution in [0.5, 0.6) is 0 Å². The molecule has 0 unspecified atom stereocenters. The number of hydrogen-bond donors (Lipinski definition) is 2. The van der Waals surface area contributed by atoms with Gasteiger partial charge in [0, 0.05) is 37.5 Å². The molecule has 2 aromatic rings. The smallest absolute Gasteiger partial charge is 0.228 e. The van der Waals surface area contributed by atoms with Crippen molar-refractivity contribution in [2.75, 3.05) is 36.9 Å². The summed E-state index contributed by atoms with van der Waals surface area (Å²) < 4.78 is 6.14. The lowest BCUT2D eigenvalue weighted by molar-refractivity contribution is -0.136. The zero-order valence-electron chi connectivity index (χ0n) is 16.0. The topological polar surface area (TPSA) is 101 Å². The minimum Gasteiger partial charge on any atom is -0.378 e. The summed E-state index contributed by atoms with van der Waals surface area (Å²) in [7, 11) is 0. The second kappa shape index (κ2) is 9.11. The molecule has 0 atom stereocenters. The molecule has 0 spiro atoms. The lowest BCUT2D eigenvalue weighted by Crippen LogP contribution is -2.40. The van der Waals surface area contributed by atoms with Gasteiger partial charge in [0.15, 0.2) is 5.13 Å². The van der Waals surface area contributed by atoms with E-state index in [0.717, 1.165) is 4.70 Å². The minimum atomic E-state index is -0.218. The van der Waals surface area contributed by atoms with Gasteiger partial charge in [-0.25, -0.2) is 4.98 Å². The molecule has 1 aromatic heterocycles. The van der Waals surface area contributed by atoms with Crippen LogP contribution in [0.4, 0.5) is 10.8 Å². The van der Waals surface area contributed by atoms with E-state index < -0.39 is 0 Å². The van der Waals surface area contributed by atoms with Gasteiger partial charge < -0.3 is 20.3 Å². The fourth-order valence-corrected chi connectivity index (χ4v) is 3.57. The standard InChI is InChI=1S/C19H24N4O4S/c1-12(2)18(26)22-19-21-14-11-13(3-4-15(14)28-19)20-16(24)5-6-17(25)23-7-9-27-10-8-23/h3-4,11-12H,5-10H2,1-2H3,(H,20,24)(H,21,22,26). The molecule has 0 bridgehead atoms. The van der Waals surface area contributed by atoms with Crippen LogP contribution < -0.4 is 10.6 Å². The van der Waals surface area contributed by atoms with Gasteiger partial charge in [0.25, 0.3) is 0 Å². The predicted molar refractivity (Wildman–Crippen MR) is 108 cm³/mol. The number of carbonyl (C=O) groups excluding carboxylic acids is 3. The number of benzene rings is 1. The van der Waals surface area contributed by atoms with E-state index >= 15 is 0 Å². The first-order valence-electron chi connectivity index (χ1n) is 9.29. The van der Waals surface area contributed by atoms with Crippen LogP contribution in [-0.2, 0) is 19.1 Å². The van der Waals surface area contributed by atoms with Crippen molar-refractivity contribution in [3.05, 3.63) is 18.2 Å². The fourth-order valence-electron chi connectivity index (χ4n) is 2.72. The third-order valence-electron chi connectivity index (χ3n) is 4.36. The van der Waals surface area contributed by atoms with E-state index in [0.29, 0.717) is 42.6 Å². The van der Waals surface area contributed by atoms with Crippen LogP contribution in [0.1, 0.15) is 26.7 Å². The van der Waals surface area contributed by atoms with Gasteiger partial charge in [0.05, 0.1) is 23.4 Å². The molecule has 28 heavy (non-hydrogen) atoms. The molecule has 150 valence electrons. The molecule has 1 aliphatic heterocycles. The molecular weight excluding hydrogens is 380 g/mol. The molecule has 2 heterocycles. The lowest BCUT2D eigenvalue weighted by atomic mass is 10.2. The number of nitrogens with zero attached hydrogens (tertiary/aromatic N) is 2. The number of carbonyl (C=O) groups is 3. The molecule has 1 aromatic carbocycles. The molecule has 3 amide bonds. The first-order chi connectivity index (χ1) is 13.4. The van der Waals surface area contributed by atoms with Gasteiger partial charge in [-0.05, 0) is 18.2 Å². The van der Waals surface area contributed by atoms with Crippen molar-refractivity contribution in [1.82, 2.24) is 9.88 Å². The Morgan fingerprint density at radius 2 is 1.93 bits per heavy atom. The van der Waals surface area contributed by atoms with E-state index in [9.17, 15) is 14.4 Å². The average Bonchev–Trinajstić information content (AvgIpc) is 3.08. The average molecular weight is 404 g/mol. The molecule has 0 radical (unpaired) electrons. The quantitative estimate of drug-likeness (QED) is 0.770. The number of morpholine rings is 1. The normalized spacial score (nSPS) is 14.3. The molecule has 0 aliphatic carbocycles. The highest BCUT2D eigenvalue weighted by molar-refractivity contribution is 7.22. The van der Waals surface area contributed by atoms with Crippen molar-refractivity contribution >= 4 is 50.1 Å². The van der Waals surface area contributed by atoms with Crippen LogP contribution in [-0.4, -0.2) is 53.9 Å². The summed E-state index contributed by atoms with van der Waals surface area (Å²) in [6, 6.07) is 5.40. The number of rotatable bonds is 6. The van der Waals surface area contributed by atoms with Crippen LogP contribution in [0.15, 0.2) is 18.2 Å². The number of fused-ring (bicyclic) bond motifs is 1. The Labute approximate surface area is 167 Å². The van der Waals surface area contributed by atoms with E-state index in [1.54, 1.807) is 17.0 Å². The summed E-state index contributed by atoms with van der Waals surface area (Å²) in [4.78, 5) is 42.2. The van der Waals surface area contributed by atoms with E-state index in [1.807, 2.05) is 19.9 Å². The maximum atomic E-state index is 12.2. The highest BCUT2D eigenvalue weighted by Gasteiger charge is 2.18. The monoisotopic (exact) mass is 404 g/mol. The Bertz CT molecular complexity index is 874. The number of hydrogen-bond acceptors (Lipinski definition) is 6. The van der Waals surface area contributed by atoms with E-state index in [-0.39, 0.29) is 36.5 Å². The van der Waals surface area contributed by atoms with Crippen molar-refractivity contribution < 1.29 is 19.1 Å². The summed E-state index contributed by atoms with van der Waals surface area (Å²) in [6.45, 7) is 5.89. The van der Waals surface area contributed by atoms with Gasteiger partial charge in [0.2, 0.25) is 17.7 Å². The lowest BCUT2D eigenvalue weighted by Gasteiger charge is -2.26. The van der Waals surface area contributed by atoms with E-state index in [1.165, 1.54) is 11.3 Å². The van der Waals surface area contributed by atoms with Gasteiger partial charge >= 0.3 is 0 Å². The number of thiazole rings is 1. The van der Waals surface area contributed by atoms with Crippen molar-refractivity contribution in [2.24, 2.45) is 5.92 Å². The molecule has 2 N–H and O–H groups in total. The second-order valence-electron chi connectivity index (χ2n) is 6.89. The van der Waals surface area contributed by atoms with Crippen LogP contribution in [0, 0.1) is 5.92 Å². The number of aromatic nitrogens is 1. The number of ether oxygens (including phenoxy) is 1. The highest BCUT2D eigenvalue weighted by atomic mass is 32.1. The summed E-state index contributed by atoms with van der Waals surface area (Å²) in [6.07, 6.45) is 0.303. The van der Waals surface area contributed by atoms with Crippen molar-refractivity contribution in [3.8, 4) is 0 Å². The van der Waals surface area contributed by atoms with Crippen LogP contribution in [0.2, 0.25) is 0 Å². The van der Waals surface area contributed by atoms with Crippen LogP contribution in [0.25, 0.3) is 10.2 Å².